The minimum Gasteiger partial charge on any atom is -0.323 e. The third kappa shape index (κ3) is 2.88. The van der Waals surface area contributed by atoms with Gasteiger partial charge >= 0.3 is 0 Å². The Bertz CT molecular complexity index is 730. The molecule has 20 heavy (non-hydrogen) atoms. The molecule has 0 fully saturated rings. The minimum atomic E-state index is 0.590. The zero-order chi connectivity index (χ0) is 13.8. The van der Waals surface area contributed by atoms with E-state index in [1.165, 1.54) is 5.56 Å². The molecule has 0 bridgehead atoms. The number of nitrogens with one attached hydrogen (secondary N) is 1. The summed E-state index contributed by atoms with van der Waals surface area (Å²) in [7, 11) is 0. The van der Waals surface area contributed by atoms with Crippen LogP contribution in [0.4, 0.5) is 11.6 Å². The molecular weight excluding hydrogens is 268 g/mol. The number of hydrogen-bond donors (Lipinski definition) is 1. The Hall–Kier alpha value is -2.14. The highest BCUT2D eigenvalue weighted by Gasteiger charge is 2.01. The van der Waals surface area contributed by atoms with Crippen molar-refractivity contribution >= 4 is 34.3 Å². The van der Waals surface area contributed by atoms with Gasteiger partial charge in [-0.2, -0.15) is 11.8 Å². The molecule has 0 radical (unpaired) electrons. The smallest absolute Gasteiger partial charge is 0.227 e. The highest BCUT2D eigenvalue weighted by Crippen LogP contribution is 2.18. The van der Waals surface area contributed by atoms with Crippen LogP contribution in [0.3, 0.4) is 0 Å². The van der Waals surface area contributed by atoms with E-state index < -0.39 is 0 Å². The van der Waals surface area contributed by atoms with Crippen LogP contribution in [0.2, 0.25) is 0 Å². The Kier molecular flexibility index (Phi) is 3.78. The van der Waals surface area contributed by atoms with Crippen molar-refractivity contribution in [1.29, 1.82) is 0 Å². The van der Waals surface area contributed by atoms with Crippen LogP contribution in [0, 0.1) is 0 Å². The molecule has 2 heterocycles. The van der Waals surface area contributed by atoms with E-state index in [0.29, 0.717) is 5.95 Å². The van der Waals surface area contributed by atoms with Crippen LogP contribution in [-0.4, -0.2) is 21.2 Å². The predicted molar refractivity (Wildman–Crippen MR) is 84.3 cm³/mol. The zero-order valence-corrected chi connectivity index (χ0v) is 11.9. The van der Waals surface area contributed by atoms with Crippen LogP contribution in [-0.2, 0) is 5.75 Å². The fourth-order valence-electron chi connectivity index (χ4n) is 1.96. The Balaban J connectivity index is 1.87. The first-order valence-corrected chi connectivity index (χ1v) is 7.66. The summed E-state index contributed by atoms with van der Waals surface area (Å²) < 4.78 is 0. The van der Waals surface area contributed by atoms with E-state index in [4.69, 9.17) is 0 Å². The standard InChI is InChI=1S/C15H14N4S/c1-20-10-11-6-13(9-16-7-11)18-15-17-8-12-4-2-3-5-14(12)19-15/h2-9H,10H2,1H3,(H,17,18,19). The van der Waals surface area contributed by atoms with Gasteiger partial charge in [-0.25, -0.2) is 9.97 Å². The fourth-order valence-corrected chi connectivity index (χ4v) is 2.45. The maximum absolute atomic E-state index is 4.49. The Morgan fingerprint density at radius 2 is 2.05 bits per heavy atom. The van der Waals surface area contributed by atoms with Gasteiger partial charge in [-0.1, -0.05) is 18.2 Å². The summed E-state index contributed by atoms with van der Waals surface area (Å²) in [5.41, 5.74) is 3.02. The van der Waals surface area contributed by atoms with Gasteiger partial charge in [-0.3, -0.25) is 4.98 Å². The molecule has 0 amide bonds. The molecule has 5 heteroatoms. The largest absolute Gasteiger partial charge is 0.323 e. The molecule has 0 atom stereocenters. The van der Waals surface area contributed by atoms with Crippen molar-refractivity contribution < 1.29 is 0 Å². The van der Waals surface area contributed by atoms with E-state index in [9.17, 15) is 0 Å². The van der Waals surface area contributed by atoms with Crippen LogP contribution in [0.15, 0.2) is 48.9 Å². The van der Waals surface area contributed by atoms with Crippen LogP contribution >= 0.6 is 11.8 Å². The number of anilines is 2. The summed E-state index contributed by atoms with van der Waals surface area (Å²) in [5.74, 6) is 1.54. The van der Waals surface area contributed by atoms with Gasteiger partial charge in [0.05, 0.1) is 17.4 Å². The van der Waals surface area contributed by atoms with Gasteiger partial charge in [0, 0.05) is 23.5 Å². The van der Waals surface area contributed by atoms with Crippen molar-refractivity contribution in [3.8, 4) is 0 Å². The first-order valence-electron chi connectivity index (χ1n) is 6.27. The lowest BCUT2D eigenvalue weighted by atomic mass is 10.2. The van der Waals surface area contributed by atoms with E-state index in [2.05, 4.69) is 32.6 Å². The van der Waals surface area contributed by atoms with Crippen LogP contribution in [0.25, 0.3) is 10.9 Å². The van der Waals surface area contributed by atoms with Crippen molar-refractivity contribution in [2.24, 2.45) is 0 Å². The van der Waals surface area contributed by atoms with E-state index in [1.807, 2.05) is 36.7 Å². The monoisotopic (exact) mass is 282 g/mol. The lowest BCUT2D eigenvalue weighted by Gasteiger charge is -2.06. The zero-order valence-electron chi connectivity index (χ0n) is 11.1. The quantitative estimate of drug-likeness (QED) is 0.792. The van der Waals surface area contributed by atoms with E-state index in [1.54, 1.807) is 18.0 Å². The number of rotatable bonds is 4. The molecule has 0 aliphatic heterocycles. The molecule has 100 valence electrons. The summed E-state index contributed by atoms with van der Waals surface area (Å²) >= 11 is 1.77. The van der Waals surface area contributed by atoms with Gasteiger partial charge < -0.3 is 5.32 Å². The third-order valence-electron chi connectivity index (χ3n) is 2.85. The second-order valence-electron chi connectivity index (χ2n) is 4.39. The van der Waals surface area contributed by atoms with Crippen molar-refractivity contribution in [2.45, 2.75) is 5.75 Å². The topological polar surface area (TPSA) is 50.7 Å². The molecule has 0 saturated heterocycles. The van der Waals surface area contributed by atoms with Crippen molar-refractivity contribution in [3.63, 3.8) is 0 Å². The SMILES string of the molecule is CSCc1cncc(Nc2ncc3ccccc3n2)c1. The highest BCUT2D eigenvalue weighted by molar-refractivity contribution is 7.97. The van der Waals surface area contributed by atoms with Crippen molar-refractivity contribution in [2.75, 3.05) is 11.6 Å². The number of benzene rings is 1. The molecule has 2 aromatic heterocycles. The molecule has 1 N–H and O–H groups in total. The lowest BCUT2D eigenvalue weighted by Crippen LogP contribution is -1.98. The molecule has 3 rings (SSSR count). The Morgan fingerprint density at radius 1 is 1.15 bits per heavy atom. The summed E-state index contributed by atoms with van der Waals surface area (Å²) in [5, 5.41) is 4.24. The summed E-state index contributed by atoms with van der Waals surface area (Å²) in [6, 6.07) is 10.0. The average molecular weight is 282 g/mol. The summed E-state index contributed by atoms with van der Waals surface area (Å²) in [6.45, 7) is 0. The molecule has 0 unspecified atom stereocenters. The minimum absolute atomic E-state index is 0.590. The van der Waals surface area contributed by atoms with E-state index in [0.717, 1.165) is 22.3 Å². The number of hydrogen-bond acceptors (Lipinski definition) is 5. The average Bonchev–Trinajstić information content (AvgIpc) is 2.48. The van der Waals surface area contributed by atoms with Crippen LogP contribution in [0.5, 0.6) is 0 Å². The lowest BCUT2D eigenvalue weighted by molar-refractivity contribution is 1.19. The Labute approximate surface area is 121 Å². The predicted octanol–water partition coefficient (Wildman–Crippen LogP) is 3.63. The third-order valence-corrected chi connectivity index (χ3v) is 3.47. The highest BCUT2D eigenvalue weighted by atomic mass is 32.2. The molecule has 0 saturated carbocycles. The number of fused-ring (bicyclic) bond motifs is 1. The molecule has 0 spiro atoms. The van der Waals surface area contributed by atoms with Gasteiger partial charge in [0.15, 0.2) is 0 Å². The molecule has 4 nitrogen and oxygen atoms in total. The first-order chi connectivity index (χ1) is 9.85. The van der Waals surface area contributed by atoms with Gasteiger partial charge in [0.1, 0.15) is 0 Å². The maximum atomic E-state index is 4.49. The fraction of sp³-hybridized carbons (Fsp3) is 0.133. The van der Waals surface area contributed by atoms with E-state index >= 15 is 0 Å². The second kappa shape index (κ2) is 5.88. The first kappa shape index (κ1) is 12.9. The van der Waals surface area contributed by atoms with Gasteiger partial charge in [-0.05, 0) is 24.0 Å². The van der Waals surface area contributed by atoms with Gasteiger partial charge in [0.25, 0.3) is 0 Å². The van der Waals surface area contributed by atoms with Gasteiger partial charge in [0.2, 0.25) is 5.95 Å². The number of aromatic nitrogens is 3. The van der Waals surface area contributed by atoms with E-state index in [-0.39, 0.29) is 0 Å². The number of para-hydroxylation sites is 1. The molecule has 0 aliphatic rings. The molecular formula is C15H14N4S. The molecule has 3 aromatic rings. The number of thioether (sulfide) groups is 1. The molecule has 1 aromatic carbocycles. The van der Waals surface area contributed by atoms with Crippen molar-refractivity contribution in [1.82, 2.24) is 15.0 Å². The van der Waals surface area contributed by atoms with Crippen LogP contribution in [0.1, 0.15) is 5.56 Å². The van der Waals surface area contributed by atoms with Crippen LogP contribution < -0.4 is 5.32 Å². The molecule has 0 aliphatic carbocycles. The summed E-state index contributed by atoms with van der Waals surface area (Å²) in [4.78, 5) is 13.0. The summed E-state index contributed by atoms with van der Waals surface area (Å²) in [6.07, 6.45) is 7.56. The maximum Gasteiger partial charge on any atom is 0.227 e. The number of nitrogens with zero attached hydrogens (tertiary/aromatic N) is 3. The number of pyridine rings is 1. The van der Waals surface area contributed by atoms with Crippen molar-refractivity contribution in [3.05, 3.63) is 54.5 Å². The van der Waals surface area contributed by atoms with Gasteiger partial charge in [-0.15, -0.1) is 0 Å². The second-order valence-corrected chi connectivity index (χ2v) is 5.26. The Morgan fingerprint density at radius 3 is 2.95 bits per heavy atom. The normalized spacial score (nSPS) is 10.7.